The predicted octanol–water partition coefficient (Wildman–Crippen LogP) is 2.50. The van der Waals surface area contributed by atoms with Crippen LogP contribution in [-0.2, 0) is 18.0 Å². The average molecular weight is 259 g/mol. The van der Waals surface area contributed by atoms with E-state index in [9.17, 15) is 0 Å². The van der Waals surface area contributed by atoms with Gasteiger partial charge in [0, 0.05) is 0 Å². The molecular formula is C8H7BrN2OS. The lowest BCUT2D eigenvalue weighted by Gasteiger charge is -1.93. The Morgan fingerprint density at radius 2 is 2.38 bits per heavy atom. The van der Waals surface area contributed by atoms with Crippen LogP contribution in [0.2, 0.25) is 0 Å². The van der Waals surface area contributed by atoms with E-state index < -0.39 is 0 Å². The maximum Gasteiger partial charge on any atom is 0.195 e. The van der Waals surface area contributed by atoms with Crippen LogP contribution in [0, 0.1) is 6.92 Å². The van der Waals surface area contributed by atoms with Crippen molar-refractivity contribution in [3.05, 3.63) is 20.9 Å². The smallest absolute Gasteiger partial charge is 0.195 e. The summed E-state index contributed by atoms with van der Waals surface area (Å²) in [5.41, 5.74) is 2.30. The summed E-state index contributed by atoms with van der Waals surface area (Å²) in [6, 6.07) is 0. The number of aryl methyl sites for hydroxylation is 1. The quantitative estimate of drug-likeness (QED) is 0.726. The van der Waals surface area contributed by atoms with Crippen molar-refractivity contribution in [3.8, 4) is 0 Å². The number of thiazole rings is 1. The molecule has 2 aromatic heterocycles. The largest absolute Gasteiger partial charge is 0.370 e. The van der Waals surface area contributed by atoms with E-state index in [1.54, 1.807) is 11.3 Å². The van der Waals surface area contributed by atoms with Crippen molar-refractivity contribution < 1.29 is 4.74 Å². The molecule has 68 valence electrons. The second-order valence-corrected chi connectivity index (χ2v) is 4.88. The second-order valence-electron chi connectivity index (χ2n) is 3.07. The number of rotatable bonds is 0. The van der Waals surface area contributed by atoms with Gasteiger partial charge in [-0.15, -0.1) is 0 Å². The summed E-state index contributed by atoms with van der Waals surface area (Å²) in [7, 11) is 0. The Hall–Kier alpha value is -0.390. The fourth-order valence-electron chi connectivity index (χ4n) is 1.58. The maximum absolute atomic E-state index is 5.37. The molecule has 3 heterocycles. The van der Waals surface area contributed by atoms with E-state index in [0.717, 1.165) is 21.9 Å². The zero-order chi connectivity index (χ0) is 9.00. The number of imidazole rings is 1. The summed E-state index contributed by atoms with van der Waals surface area (Å²) in [4.78, 5) is 6.83. The molecule has 2 aromatic rings. The molecule has 0 amide bonds. The van der Waals surface area contributed by atoms with E-state index in [0.29, 0.717) is 6.61 Å². The van der Waals surface area contributed by atoms with Crippen LogP contribution in [0.15, 0.2) is 4.60 Å². The van der Waals surface area contributed by atoms with E-state index in [2.05, 4.69) is 25.3 Å². The minimum absolute atomic E-state index is 0.712. The Labute approximate surface area is 87.5 Å². The third-order valence-corrected chi connectivity index (χ3v) is 4.21. The summed E-state index contributed by atoms with van der Waals surface area (Å²) in [5.74, 6) is 0. The third kappa shape index (κ3) is 0.949. The van der Waals surface area contributed by atoms with Crippen LogP contribution >= 0.6 is 27.3 Å². The summed E-state index contributed by atoms with van der Waals surface area (Å²) in [6.07, 6.45) is 0. The first kappa shape index (κ1) is 7.96. The van der Waals surface area contributed by atoms with Crippen LogP contribution in [0.4, 0.5) is 0 Å². The molecule has 3 rings (SSSR count). The van der Waals surface area contributed by atoms with Crippen LogP contribution in [0.3, 0.4) is 0 Å². The highest BCUT2D eigenvalue weighted by molar-refractivity contribution is 9.10. The SMILES string of the molecule is Cc1nc2sc3c(n2c1Br)COC3. The first-order valence-corrected chi connectivity index (χ1v) is 5.61. The van der Waals surface area contributed by atoms with Crippen LogP contribution in [0.25, 0.3) is 4.96 Å². The molecular weight excluding hydrogens is 252 g/mol. The number of halogens is 1. The molecule has 5 heteroatoms. The van der Waals surface area contributed by atoms with Crippen molar-refractivity contribution in [1.82, 2.24) is 9.38 Å². The Morgan fingerprint density at radius 3 is 3.23 bits per heavy atom. The summed E-state index contributed by atoms with van der Waals surface area (Å²) >= 11 is 5.25. The third-order valence-electron chi connectivity index (χ3n) is 2.23. The monoisotopic (exact) mass is 258 g/mol. The number of aromatic nitrogens is 2. The molecule has 0 unspecified atom stereocenters. The molecule has 0 saturated heterocycles. The summed E-state index contributed by atoms with van der Waals surface area (Å²) < 4.78 is 8.57. The van der Waals surface area contributed by atoms with E-state index in [-0.39, 0.29) is 0 Å². The number of nitrogens with zero attached hydrogens (tertiary/aromatic N) is 2. The molecule has 3 nitrogen and oxygen atoms in total. The van der Waals surface area contributed by atoms with E-state index >= 15 is 0 Å². The Morgan fingerprint density at radius 1 is 1.54 bits per heavy atom. The Kier molecular flexibility index (Phi) is 1.57. The van der Waals surface area contributed by atoms with Gasteiger partial charge in [0.2, 0.25) is 0 Å². The van der Waals surface area contributed by atoms with Crippen molar-refractivity contribution in [2.24, 2.45) is 0 Å². The van der Waals surface area contributed by atoms with Crippen molar-refractivity contribution >= 4 is 32.2 Å². The average Bonchev–Trinajstić information content (AvgIpc) is 2.66. The van der Waals surface area contributed by atoms with Gasteiger partial charge >= 0.3 is 0 Å². The number of ether oxygens (including phenoxy) is 1. The molecule has 0 atom stereocenters. The van der Waals surface area contributed by atoms with Gasteiger partial charge in [0.05, 0.1) is 29.5 Å². The van der Waals surface area contributed by atoms with E-state index in [1.165, 1.54) is 10.6 Å². The van der Waals surface area contributed by atoms with Gasteiger partial charge in [-0.3, -0.25) is 4.40 Å². The van der Waals surface area contributed by atoms with Gasteiger partial charge in [-0.05, 0) is 22.9 Å². The minimum Gasteiger partial charge on any atom is -0.370 e. The maximum atomic E-state index is 5.37. The first-order chi connectivity index (χ1) is 6.27. The molecule has 0 bridgehead atoms. The number of fused-ring (bicyclic) bond motifs is 3. The lowest BCUT2D eigenvalue weighted by atomic mass is 10.4. The fraction of sp³-hybridized carbons (Fsp3) is 0.375. The zero-order valence-electron chi connectivity index (χ0n) is 7.00. The van der Waals surface area contributed by atoms with E-state index in [4.69, 9.17) is 4.74 Å². The fourth-order valence-corrected chi connectivity index (χ4v) is 3.27. The molecule has 1 aliphatic rings. The van der Waals surface area contributed by atoms with Crippen molar-refractivity contribution in [3.63, 3.8) is 0 Å². The molecule has 0 radical (unpaired) electrons. The summed E-state index contributed by atoms with van der Waals surface area (Å²) in [6.45, 7) is 3.46. The Bertz CT molecular complexity index is 488. The van der Waals surface area contributed by atoms with Gasteiger partial charge in [0.15, 0.2) is 4.96 Å². The van der Waals surface area contributed by atoms with Crippen LogP contribution in [0.5, 0.6) is 0 Å². The summed E-state index contributed by atoms with van der Waals surface area (Å²) in [5, 5.41) is 0. The Balaban J connectivity index is 2.44. The van der Waals surface area contributed by atoms with Gasteiger partial charge in [0.1, 0.15) is 4.60 Å². The van der Waals surface area contributed by atoms with Crippen LogP contribution in [0.1, 0.15) is 16.3 Å². The molecule has 13 heavy (non-hydrogen) atoms. The van der Waals surface area contributed by atoms with Gasteiger partial charge in [0.25, 0.3) is 0 Å². The van der Waals surface area contributed by atoms with Crippen molar-refractivity contribution in [2.45, 2.75) is 20.1 Å². The minimum atomic E-state index is 0.712. The molecule has 0 fully saturated rings. The topological polar surface area (TPSA) is 26.5 Å². The highest BCUT2D eigenvalue weighted by atomic mass is 79.9. The first-order valence-electron chi connectivity index (χ1n) is 4.00. The molecule has 0 N–H and O–H groups in total. The van der Waals surface area contributed by atoms with Crippen LogP contribution in [-0.4, -0.2) is 9.38 Å². The molecule has 0 aliphatic carbocycles. The normalized spacial score (nSPS) is 15.5. The molecule has 0 spiro atoms. The number of hydrogen-bond donors (Lipinski definition) is 0. The van der Waals surface area contributed by atoms with Gasteiger partial charge in [-0.2, -0.15) is 0 Å². The highest BCUT2D eigenvalue weighted by Gasteiger charge is 2.21. The second kappa shape index (κ2) is 2.56. The standard InChI is InChI=1S/C8H7BrN2OS/c1-4-7(9)11-5-2-12-3-6(5)13-8(11)10-4/h2-3H2,1H3. The molecule has 0 saturated carbocycles. The van der Waals surface area contributed by atoms with Gasteiger partial charge < -0.3 is 4.74 Å². The zero-order valence-corrected chi connectivity index (χ0v) is 9.41. The lowest BCUT2D eigenvalue weighted by molar-refractivity contribution is 0.133. The lowest BCUT2D eigenvalue weighted by Crippen LogP contribution is -1.88. The van der Waals surface area contributed by atoms with Crippen molar-refractivity contribution in [1.29, 1.82) is 0 Å². The van der Waals surface area contributed by atoms with Gasteiger partial charge in [-0.25, -0.2) is 4.98 Å². The van der Waals surface area contributed by atoms with Gasteiger partial charge in [-0.1, -0.05) is 11.3 Å². The number of hydrogen-bond acceptors (Lipinski definition) is 3. The highest BCUT2D eigenvalue weighted by Crippen LogP contribution is 2.33. The molecule has 1 aliphatic heterocycles. The molecule has 0 aromatic carbocycles. The van der Waals surface area contributed by atoms with Crippen LogP contribution < -0.4 is 0 Å². The predicted molar refractivity (Wildman–Crippen MR) is 54.0 cm³/mol. The van der Waals surface area contributed by atoms with Crippen molar-refractivity contribution in [2.75, 3.05) is 0 Å². The van der Waals surface area contributed by atoms with E-state index in [1.807, 2.05) is 6.92 Å².